The molecule has 1 fully saturated rings. The van der Waals surface area contributed by atoms with E-state index in [1.165, 1.54) is 6.92 Å². The van der Waals surface area contributed by atoms with Gasteiger partial charge in [0.05, 0.1) is 0 Å². The minimum Gasteiger partial charge on any atom is -0.382 e. The number of amides is 2. The van der Waals surface area contributed by atoms with Crippen LogP contribution in [0.5, 0.6) is 0 Å². The molecule has 2 amide bonds. The average molecular weight is 345 g/mol. The highest BCUT2D eigenvalue weighted by atomic mass is 16.2. The molecule has 0 bridgehead atoms. The van der Waals surface area contributed by atoms with Gasteiger partial charge in [0.1, 0.15) is 0 Å². The molecule has 0 aromatic heterocycles. The molecule has 2 rings (SSSR count). The van der Waals surface area contributed by atoms with E-state index in [1.807, 2.05) is 30.0 Å². The van der Waals surface area contributed by atoms with Crippen molar-refractivity contribution in [2.24, 2.45) is 5.92 Å². The monoisotopic (exact) mass is 345 g/mol. The highest BCUT2D eigenvalue weighted by molar-refractivity contribution is 5.97. The van der Waals surface area contributed by atoms with Crippen LogP contribution >= 0.6 is 0 Å². The van der Waals surface area contributed by atoms with Crippen LogP contribution in [0.15, 0.2) is 18.2 Å². The van der Waals surface area contributed by atoms with E-state index in [-0.39, 0.29) is 17.9 Å². The van der Waals surface area contributed by atoms with Crippen LogP contribution in [-0.4, -0.2) is 41.9 Å². The molecule has 1 aromatic rings. The van der Waals surface area contributed by atoms with Gasteiger partial charge in [0.15, 0.2) is 0 Å². The molecule has 0 saturated carbocycles. The van der Waals surface area contributed by atoms with Gasteiger partial charge < -0.3 is 15.5 Å². The van der Waals surface area contributed by atoms with Gasteiger partial charge in [-0.15, -0.1) is 0 Å². The highest BCUT2D eigenvalue weighted by Crippen LogP contribution is 2.23. The molecule has 1 saturated heterocycles. The second-order valence-corrected chi connectivity index (χ2v) is 7.45. The van der Waals surface area contributed by atoms with Crippen LogP contribution < -0.4 is 10.6 Å². The first-order valence-electron chi connectivity index (χ1n) is 9.22. The van der Waals surface area contributed by atoms with Crippen LogP contribution in [0.3, 0.4) is 0 Å². The van der Waals surface area contributed by atoms with Gasteiger partial charge in [-0.25, -0.2) is 0 Å². The van der Waals surface area contributed by atoms with Gasteiger partial charge in [-0.3, -0.25) is 9.59 Å². The van der Waals surface area contributed by atoms with Gasteiger partial charge in [-0.2, -0.15) is 0 Å². The van der Waals surface area contributed by atoms with Crippen LogP contribution in [0.2, 0.25) is 0 Å². The third-order valence-electron chi connectivity index (χ3n) is 5.06. The molecule has 1 aliphatic heterocycles. The summed E-state index contributed by atoms with van der Waals surface area (Å²) in [6.45, 7) is 11.4. The number of nitrogens with one attached hydrogen (secondary N) is 2. The van der Waals surface area contributed by atoms with E-state index in [0.717, 1.165) is 36.2 Å². The molecule has 1 heterocycles. The maximum absolute atomic E-state index is 13.0. The van der Waals surface area contributed by atoms with Crippen LogP contribution in [-0.2, 0) is 4.79 Å². The summed E-state index contributed by atoms with van der Waals surface area (Å²) in [5.41, 5.74) is 2.74. The van der Waals surface area contributed by atoms with Gasteiger partial charge in [0, 0.05) is 43.3 Å². The van der Waals surface area contributed by atoms with E-state index in [9.17, 15) is 9.59 Å². The number of hydrogen-bond donors (Lipinski definition) is 2. The molecule has 1 aliphatic rings. The van der Waals surface area contributed by atoms with E-state index >= 15 is 0 Å². The first-order valence-corrected chi connectivity index (χ1v) is 9.22. The van der Waals surface area contributed by atoms with Crippen LogP contribution in [0.4, 0.5) is 5.69 Å². The number of piperidine rings is 1. The Morgan fingerprint density at radius 1 is 1.24 bits per heavy atom. The second kappa shape index (κ2) is 8.37. The number of hydrogen-bond acceptors (Lipinski definition) is 3. The van der Waals surface area contributed by atoms with Crippen LogP contribution in [0.1, 0.15) is 56.5 Å². The van der Waals surface area contributed by atoms with Crippen LogP contribution in [0.25, 0.3) is 0 Å². The summed E-state index contributed by atoms with van der Waals surface area (Å²) in [7, 11) is 0. The minimum atomic E-state index is -0.0376. The number of nitrogens with zero attached hydrogens (tertiary/aromatic N) is 1. The van der Waals surface area contributed by atoms with Crippen molar-refractivity contribution < 1.29 is 9.59 Å². The smallest absolute Gasteiger partial charge is 0.254 e. The van der Waals surface area contributed by atoms with Gasteiger partial charge in [0.25, 0.3) is 5.91 Å². The number of benzene rings is 1. The molecule has 5 nitrogen and oxygen atoms in total. The Hall–Kier alpha value is -2.04. The zero-order valence-corrected chi connectivity index (χ0v) is 16.1. The lowest BCUT2D eigenvalue weighted by Gasteiger charge is -2.33. The largest absolute Gasteiger partial charge is 0.382 e. The molecule has 5 heteroatoms. The maximum Gasteiger partial charge on any atom is 0.254 e. The molecular weight excluding hydrogens is 314 g/mol. The second-order valence-electron chi connectivity index (χ2n) is 7.45. The summed E-state index contributed by atoms with van der Waals surface area (Å²) >= 11 is 0. The molecule has 25 heavy (non-hydrogen) atoms. The van der Waals surface area contributed by atoms with Crippen molar-refractivity contribution in [3.8, 4) is 0 Å². The van der Waals surface area contributed by atoms with Gasteiger partial charge in [-0.1, -0.05) is 19.9 Å². The first kappa shape index (κ1) is 19.3. The van der Waals surface area contributed by atoms with E-state index in [0.29, 0.717) is 18.5 Å². The quantitative estimate of drug-likeness (QED) is 0.861. The zero-order chi connectivity index (χ0) is 18.6. The Balaban J connectivity index is 2.14. The van der Waals surface area contributed by atoms with Gasteiger partial charge in [-0.05, 0) is 50.3 Å². The fourth-order valence-corrected chi connectivity index (χ4v) is 3.17. The third kappa shape index (κ3) is 4.97. The van der Waals surface area contributed by atoms with E-state index < -0.39 is 0 Å². The molecule has 1 aromatic carbocycles. The van der Waals surface area contributed by atoms with E-state index in [2.05, 4.69) is 31.4 Å². The van der Waals surface area contributed by atoms with Crippen molar-refractivity contribution in [2.45, 2.75) is 59.5 Å². The normalized spacial score (nSPS) is 18.8. The third-order valence-corrected chi connectivity index (χ3v) is 5.06. The van der Waals surface area contributed by atoms with Gasteiger partial charge >= 0.3 is 0 Å². The lowest BCUT2D eigenvalue weighted by molar-refractivity contribution is -0.120. The van der Waals surface area contributed by atoms with Crippen LogP contribution in [0, 0.1) is 12.8 Å². The predicted molar refractivity (Wildman–Crippen MR) is 102 cm³/mol. The Morgan fingerprint density at radius 3 is 2.60 bits per heavy atom. The molecule has 2 atom stereocenters. The molecule has 2 N–H and O–H groups in total. The predicted octanol–water partition coefficient (Wildman–Crippen LogP) is 3.19. The van der Waals surface area contributed by atoms with Crippen molar-refractivity contribution in [2.75, 3.05) is 18.4 Å². The van der Waals surface area contributed by atoms with Gasteiger partial charge in [0.2, 0.25) is 5.91 Å². The lowest BCUT2D eigenvalue weighted by atomic mass is 10.0. The summed E-state index contributed by atoms with van der Waals surface area (Å²) in [5.74, 6) is 0.525. The molecule has 0 unspecified atom stereocenters. The van der Waals surface area contributed by atoms with E-state index in [4.69, 9.17) is 0 Å². The molecule has 0 spiro atoms. The summed E-state index contributed by atoms with van der Waals surface area (Å²) in [5, 5.41) is 6.45. The fourth-order valence-electron chi connectivity index (χ4n) is 3.17. The fraction of sp³-hybridized carbons (Fsp3) is 0.600. The van der Waals surface area contributed by atoms with Crippen molar-refractivity contribution >= 4 is 17.5 Å². The number of carbonyl (C=O) groups excluding carboxylic acids is 2. The molecule has 0 aliphatic carbocycles. The highest BCUT2D eigenvalue weighted by Gasteiger charge is 2.26. The average Bonchev–Trinajstić information content (AvgIpc) is 2.55. The number of carbonyl (C=O) groups is 2. The standard InChI is InChI=1S/C20H31N3O2/c1-13(2)15(4)21-19-10-6-9-18(14(19)3)20(25)23-11-7-8-17(12-23)22-16(5)24/h6,9-10,13,15,17,21H,7-8,11-12H2,1-5H3,(H,22,24)/t15-,17-/m1/s1. The summed E-state index contributed by atoms with van der Waals surface area (Å²) < 4.78 is 0. The van der Waals surface area contributed by atoms with E-state index in [1.54, 1.807) is 0 Å². The number of likely N-dealkylation sites (tertiary alicyclic amines) is 1. The topological polar surface area (TPSA) is 61.4 Å². The van der Waals surface area contributed by atoms with Crippen molar-refractivity contribution in [1.82, 2.24) is 10.2 Å². The molecule has 0 radical (unpaired) electrons. The zero-order valence-electron chi connectivity index (χ0n) is 16.1. The molecule has 138 valence electrons. The summed E-state index contributed by atoms with van der Waals surface area (Å²) in [6.07, 6.45) is 1.84. The minimum absolute atomic E-state index is 0.0376. The summed E-state index contributed by atoms with van der Waals surface area (Å²) in [6, 6.07) is 6.25. The Bertz CT molecular complexity index is 627. The van der Waals surface area contributed by atoms with Crippen molar-refractivity contribution in [3.05, 3.63) is 29.3 Å². The van der Waals surface area contributed by atoms with Crippen molar-refractivity contribution in [3.63, 3.8) is 0 Å². The SMILES string of the molecule is CC(=O)N[C@@H]1CCCN(C(=O)c2cccc(N[C@H](C)C(C)C)c2C)C1. The Morgan fingerprint density at radius 2 is 1.96 bits per heavy atom. The number of anilines is 1. The van der Waals surface area contributed by atoms with Crippen molar-refractivity contribution in [1.29, 1.82) is 0 Å². The maximum atomic E-state index is 13.0. The molecular formula is C20H31N3O2. The lowest BCUT2D eigenvalue weighted by Crippen LogP contribution is -2.49. The number of rotatable bonds is 5. The Kier molecular flexibility index (Phi) is 6.45. The Labute approximate surface area is 151 Å². The first-order chi connectivity index (χ1) is 11.8. The summed E-state index contributed by atoms with van der Waals surface area (Å²) in [4.78, 5) is 26.2.